The van der Waals surface area contributed by atoms with Crippen molar-refractivity contribution in [2.24, 2.45) is 0 Å². The summed E-state index contributed by atoms with van der Waals surface area (Å²) in [6, 6.07) is 17.0. The van der Waals surface area contributed by atoms with Crippen molar-refractivity contribution in [2.75, 3.05) is 10.6 Å². The first-order chi connectivity index (χ1) is 14.9. The molecule has 2 heterocycles. The number of anilines is 2. The number of carbonyl (C=O) groups is 2. The van der Waals surface area contributed by atoms with Gasteiger partial charge in [-0.3, -0.25) is 9.59 Å². The Hall–Kier alpha value is -3.56. The SMILES string of the molecule is O=C1CCc2cc(S(=O)(=O)NC(C(=O)Nc3ccccn3)c3ccccc3)ccc2N1. The minimum Gasteiger partial charge on any atom is -0.326 e. The second kappa shape index (κ2) is 8.66. The van der Waals surface area contributed by atoms with Crippen LogP contribution in [0.25, 0.3) is 0 Å². The van der Waals surface area contributed by atoms with E-state index in [1.807, 2.05) is 0 Å². The normalized spacial score (nSPS) is 14.3. The van der Waals surface area contributed by atoms with Crippen LogP contribution in [0.15, 0.2) is 77.8 Å². The van der Waals surface area contributed by atoms with E-state index in [0.29, 0.717) is 29.9 Å². The lowest BCUT2D eigenvalue weighted by atomic mass is 10.0. The molecule has 31 heavy (non-hydrogen) atoms. The molecule has 3 N–H and O–H groups in total. The Balaban J connectivity index is 1.63. The molecule has 0 fully saturated rings. The van der Waals surface area contributed by atoms with Crippen molar-refractivity contribution in [3.8, 4) is 0 Å². The third kappa shape index (κ3) is 4.79. The van der Waals surface area contributed by atoms with Gasteiger partial charge < -0.3 is 10.6 Å². The zero-order chi connectivity index (χ0) is 21.8. The number of rotatable bonds is 6. The largest absolute Gasteiger partial charge is 0.326 e. The molecule has 1 aliphatic rings. The van der Waals surface area contributed by atoms with Crippen LogP contribution in [0.5, 0.6) is 0 Å². The first-order valence-electron chi connectivity index (χ1n) is 9.64. The van der Waals surface area contributed by atoms with E-state index in [9.17, 15) is 18.0 Å². The molecule has 0 saturated heterocycles. The fourth-order valence-corrected chi connectivity index (χ4v) is 4.54. The number of pyridine rings is 1. The van der Waals surface area contributed by atoms with Gasteiger partial charge in [-0.25, -0.2) is 13.4 Å². The summed E-state index contributed by atoms with van der Waals surface area (Å²) < 4.78 is 28.8. The third-order valence-corrected chi connectivity index (χ3v) is 6.29. The molecule has 4 rings (SSSR count). The number of sulfonamides is 1. The van der Waals surface area contributed by atoms with Crippen molar-refractivity contribution < 1.29 is 18.0 Å². The number of benzene rings is 2. The first-order valence-corrected chi connectivity index (χ1v) is 11.1. The van der Waals surface area contributed by atoms with Crippen molar-refractivity contribution in [1.82, 2.24) is 9.71 Å². The van der Waals surface area contributed by atoms with Crippen molar-refractivity contribution in [3.63, 3.8) is 0 Å². The Morgan fingerprint density at radius 3 is 2.52 bits per heavy atom. The van der Waals surface area contributed by atoms with Crippen molar-refractivity contribution in [3.05, 3.63) is 84.1 Å². The molecule has 0 saturated carbocycles. The van der Waals surface area contributed by atoms with Gasteiger partial charge in [-0.05, 0) is 47.9 Å². The van der Waals surface area contributed by atoms with Crippen LogP contribution in [0, 0.1) is 0 Å². The topological polar surface area (TPSA) is 117 Å². The molecule has 0 bridgehead atoms. The Morgan fingerprint density at radius 2 is 1.77 bits per heavy atom. The van der Waals surface area contributed by atoms with Crippen molar-refractivity contribution >= 4 is 33.3 Å². The molecule has 8 nitrogen and oxygen atoms in total. The lowest BCUT2D eigenvalue weighted by molar-refractivity contribution is -0.118. The zero-order valence-electron chi connectivity index (χ0n) is 16.4. The summed E-state index contributed by atoms with van der Waals surface area (Å²) in [6.45, 7) is 0. The maximum Gasteiger partial charge on any atom is 0.248 e. The molecular formula is C22H20N4O4S. The number of nitrogens with one attached hydrogen (secondary N) is 3. The smallest absolute Gasteiger partial charge is 0.248 e. The van der Waals surface area contributed by atoms with Gasteiger partial charge in [0, 0.05) is 18.3 Å². The van der Waals surface area contributed by atoms with E-state index in [1.165, 1.54) is 18.3 Å². The van der Waals surface area contributed by atoms with Gasteiger partial charge in [-0.1, -0.05) is 36.4 Å². The Bertz CT molecular complexity index is 1210. The van der Waals surface area contributed by atoms with Crippen LogP contribution >= 0.6 is 0 Å². The summed E-state index contributed by atoms with van der Waals surface area (Å²) in [5, 5.41) is 5.37. The molecule has 1 atom stereocenters. The summed E-state index contributed by atoms with van der Waals surface area (Å²) in [5.74, 6) is -0.340. The van der Waals surface area contributed by atoms with Gasteiger partial charge in [0.05, 0.1) is 4.90 Å². The highest BCUT2D eigenvalue weighted by molar-refractivity contribution is 7.89. The van der Waals surface area contributed by atoms with E-state index >= 15 is 0 Å². The van der Waals surface area contributed by atoms with Crippen LogP contribution in [-0.2, 0) is 26.0 Å². The fraction of sp³-hybridized carbons (Fsp3) is 0.136. The molecule has 2 amide bonds. The number of fused-ring (bicyclic) bond motifs is 1. The number of carbonyl (C=O) groups excluding carboxylic acids is 2. The number of aromatic nitrogens is 1. The van der Waals surface area contributed by atoms with Crippen LogP contribution in [0.1, 0.15) is 23.6 Å². The summed E-state index contributed by atoms with van der Waals surface area (Å²) in [7, 11) is -4.04. The molecule has 0 aliphatic carbocycles. The van der Waals surface area contributed by atoms with Crippen LogP contribution in [0.2, 0.25) is 0 Å². The van der Waals surface area contributed by atoms with E-state index in [1.54, 1.807) is 54.6 Å². The van der Waals surface area contributed by atoms with Crippen LogP contribution < -0.4 is 15.4 Å². The Labute approximate surface area is 179 Å². The van der Waals surface area contributed by atoms with Gasteiger partial charge in [-0.2, -0.15) is 4.72 Å². The molecule has 0 spiro atoms. The molecule has 2 aromatic carbocycles. The number of amides is 2. The highest BCUT2D eigenvalue weighted by atomic mass is 32.2. The summed E-state index contributed by atoms with van der Waals surface area (Å²) >= 11 is 0. The van der Waals surface area contributed by atoms with E-state index in [2.05, 4.69) is 20.3 Å². The average Bonchev–Trinajstić information content (AvgIpc) is 2.78. The number of nitrogens with zero attached hydrogens (tertiary/aromatic N) is 1. The van der Waals surface area contributed by atoms with Gasteiger partial charge in [0.15, 0.2) is 0 Å². The maximum absolute atomic E-state index is 13.1. The highest BCUT2D eigenvalue weighted by Crippen LogP contribution is 2.26. The molecule has 158 valence electrons. The molecule has 3 aromatic rings. The number of aryl methyl sites for hydroxylation is 1. The molecule has 1 aromatic heterocycles. The predicted molar refractivity (Wildman–Crippen MR) is 116 cm³/mol. The van der Waals surface area contributed by atoms with Gasteiger partial charge >= 0.3 is 0 Å². The van der Waals surface area contributed by atoms with E-state index in [-0.39, 0.29) is 10.8 Å². The molecule has 9 heteroatoms. The predicted octanol–water partition coefficient (Wildman–Crippen LogP) is 2.62. The van der Waals surface area contributed by atoms with Crippen LogP contribution in [0.3, 0.4) is 0 Å². The van der Waals surface area contributed by atoms with Crippen LogP contribution in [-0.4, -0.2) is 25.2 Å². The molecule has 0 radical (unpaired) electrons. The quantitative estimate of drug-likeness (QED) is 0.549. The summed E-state index contributed by atoms with van der Waals surface area (Å²) in [5.41, 5.74) is 1.82. The molecular weight excluding hydrogens is 416 g/mol. The summed E-state index contributed by atoms with van der Waals surface area (Å²) in [4.78, 5) is 28.6. The number of hydrogen-bond donors (Lipinski definition) is 3. The third-order valence-electron chi connectivity index (χ3n) is 4.87. The molecule has 1 unspecified atom stereocenters. The fourth-order valence-electron chi connectivity index (χ4n) is 3.30. The first kappa shape index (κ1) is 20.7. The average molecular weight is 436 g/mol. The lowest BCUT2D eigenvalue weighted by Crippen LogP contribution is -2.37. The standard InChI is InChI=1S/C22H20N4O4S/c27-20-12-9-16-14-17(10-11-18(16)24-20)31(29,30)26-21(15-6-2-1-3-7-15)22(28)25-19-8-4-5-13-23-19/h1-8,10-11,13-14,21,26H,9,12H2,(H,24,27)(H,23,25,28). The summed E-state index contributed by atoms with van der Waals surface area (Å²) in [6.07, 6.45) is 2.28. The van der Waals surface area contributed by atoms with E-state index in [4.69, 9.17) is 0 Å². The molecule has 1 aliphatic heterocycles. The lowest BCUT2D eigenvalue weighted by Gasteiger charge is -2.20. The van der Waals surface area contributed by atoms with Gasteiger partial charge in [-0.15, -0.1) is 0 Å². The van der Waals surface area contributed by atoms with Gasteiger partial charge in [0.25, 0.3) is 0 Å². The van der Waals surface area contributed by atoms with Gasteiger partial charge in [0.1, 0.15) is 11.9 Å². The van der Waals surface area contributed by atoms with Crippen LogP contribution in [0.4, 0.5) is 11.5 Å². The Morgan fingerprint density at radius 1 is 1.00 bits per heavy atom. The zero-order valence-corrected chi connectivity index (χ0v) is 17.2. The minimum absolute atomic E-state index is 0.0222. The van der Waals surface area contributed by atoms with Gasteiger partial charge in [0.2, 0.25) is 21.8 Å². The highest BCUT2D eigenvalue weighted by Gasteiger charge is 2.28. The second-order valence-electron chi connectivity index (χ2n) is 7.04. The second-order valence-corrected chi connectivity index (χ2v) is 8.75. The monoisotopic (exact) mass is 436 g/mol. The van der Waals surface area contributed by atoms with Crippen molar-refractivity contribution in [1.29, 1.82) is 0 Å². The van der Waals surface area contributed by atoms with E-state index < -0.39 is 22.0 Å². The number of hydrogen-bond acceptors (Lipinski definition) is 5. The van der Waals surface area contributed by atoms with E-state index in [0.717, 1.165) is 5.56 Å². The maximum atomic E-state index is 13.1. The Kier molecular flexibility index (Phi) is 5.79. The minimum atomic E-state index is -4.04. The van der Waals surface area contributed by atoms with Crippen molar-refractivity contribution in [2.45, 2.75) is 23.8 Å².